The molecule has 18 heavy (non-hydrogen) atoms. The van der Waals surface area contributed by atoms with Crippen molar-refractivity contribution in [3.63, 3.8) is 0 Å². The van der Waals surface area contributed by atoms with Crippen molar-refractivity contribution < 1.29 is 9.82 Å². The lowest BCUT2D eigenvalue weighted by Crippen LogP contribution is -3.12. The van der Waals surface area contributed by atoms with Gasteiger partial charge in [-0.3, -0.25) is 10.1 Å². The van der Waals surface area contributed by atoms with E-state index in [1.54, 1.807) is 12.1 Å². The fraction of sp³-hybridized carbons (Fsp3) is 0.417. The molecule has 2 rings (SSSR count). The van der Waals surface area contributed by atoms with Gasteiger partial charge >= 0.3 is 0 Å². The monoisotopic (exact) mass is 247 g/mol. The van der Waals surface area contributed by atoms with E-state index in [0.29, 0.717) is 11.3 Å². The fourth-order valence-electron chi connectivity index (χ4n) is 2.14. The number of piperazine rings is 1. The first-order valence-corrected chi connectivity index (χ1v) is 5.86. The van der Waals surface area contributed by atoms with E-state index in [9.17, 15) is 10.1 Å². The summed E-state index contributed by atoms with van der Waals surface area (Å²) in [5, 5.41) is 19.9. The maximum Gasteiger partial charge on any atom is 0.293 e. The van der Waals surface area contributed by atoms with Crippen LogP contribution in [0.5, 0.6) is 0 Å². The average Bonchev–Trinajstić information content (AvgIpc) is 2.39. The smallest absolute Gasteiger partial charge is 0.293 e. The summed E-state index contributed by atoms with van der Waals surface area (Å²) in [6.07, 6.45) is 0. The van der Waals surface area contributed by atoms with Crippen LogP contribution in [0.4, 0.5) is 11.4 Å². The predicted molar refractivity (Wildman–Crippen MR) is 66.6 cm³/mol. The van der Waals surface area contributed by atoms with Gasteiger partial charge < -0.3 is 9.80 Å². The molecule has 6 heteroatoms. The summed E-state index contributed by atoms with van der Waals surface area (Å²) in [4.78, 5) is 14.1. The van der Waals surface area contributed by atoms with Crippen molar-refractivity contribution in [3.05, 3.63) is 33.9 Å². The minimum Gasteiger partial charge on any atom is -0.355 e. The van der Waals surface area contributed by atoms with Crippen LogP contribution >= 0.6 is 0 Å². The topological polar surface area (TPSA) is 74.6 Å². The Kier molecular flexibility index (Phi) is 3.44. The summed E-state index contributed by atoms with van der Waals surface area (Å²) >= 11 is 0. The maximum atomic E-state index is 11.1. The van der Waals surface area contributed by atoms with Gasteiger partial charge in [-0.1, -0.05) is 0 Å². The van der Waals surface area contributed by atoms with Gasteiger partial charge in [0, 0.05) is 6.07 Å². The van der Waals surface area contributed by atoms with E-state index in [4.69, 9.17) is 5.26 Å². The SMILES string of the molecule is C[NH+]1CCN(c2ccc(C#N)cc2[N+](=O)[O-])CC1. The van der Waals surface area contributed by atoms with Crippen LogP contribution < -0.4 is 9.80 Å². The molecule has 0 radical (unpaired) electrons. The number of nitrogens with one attached hydrogen (secondary N) is 1. The fourth-order valence-corrected chi connectivity index (χ4v) is 2.14. The molecule has 1 aromatic rings. The van der Waals surface area contributed by atoms with E-state index in [-0.39, 0.29) is 5.69 Å². The van der Waals surface area contributed by atoms with E-state index in [0.717, 1.165) is 26.2 Å². The van der Waals surface area contributed by atoms with Crippen molar-refractivity contribution in [3.8, 4) is 6.07 Å². The first-order valence-electron chi connectivity index (χ1n) is 5.86. The quantitative estimate of drug-likeness (QED) is 0.580. The van der Waals surface area contributed by atoms with E-state index in [2.05, 4.69) is 7.05 Å². The van der Waals surface area contributed by atoms with Gasteiger partial charge in [0.2, 0.25) is 0 Å². The molecular formula is C12H15N4O2+. The Morgan fingerprint density at radius 3 is 2.67 bits per heavy atom. The summed E-state index contributed by atoms with van der Waals surface area (Å²) < 4.78 is 0. The number of anilines is 1. The molecule has 1 fully saturated rings. The molecule has 1 aromatic carbocycles. The van der Waals surface area contributed by atoms with Crippen LogP contribution in [0.25, 0.3) is 0 Å². The van der Waals surface area contributed by atoms with Gasteiger partial charge in [0.1, 0.15) is 5.69 Å². The second-order valence-corrected chi connectivity index (χ2v) is 4.52. The maximum absolute atomic E-state index is 11.1. The number of benzene rings is 1. The van der Waals surface area contributed by atoms with Crippen molar-refractivity contribution in [2.75, 3.05) is 38.1 Å². The lowest BCUT2D eigenvalue weighted by atomic mass is 10.1. The Morgan fingerprint density at radius 2 is 2.11 bits per heavy atom. The highest BCUT2D eigenvalue weighted by Crippen LogP contribution is 2.28. The summed E-state index contributed by atoms with van der Waals surface area (Å²) in [6.45, 7) is 3.55. The average molecular weight is 247 g/mol. The number of likely N-dealkylation sites (N-methyl/N-ethyl adjacent to an activating group) is 1. The number of nitrogens with zero attached hydrogens (tertiary/aromatic N) is 3. The van der Waals surface area contributed by atoms with Gasteiger partial charge in [0.15, 0.2) is 0 Å². The number of nitriles is 1. The molecule has 0 unspecified atom stereocenters. The molecule has 1 saturated heterocycles. The Balaban J connectivity index is 2.32. The van der Waals surface area contributed by atoms with Crippen molar-refractivity contribution in [2.45, 2.75) is 0 Å². The molecule has 1 aliphatic heterocycles. The van der Waals surface area contributed by atoms with Crippen molar-refractivity contribution in [1.29, 1.82) is 5.26 Å². The van der Waals surface area contributed by atoms with Crippen LogP contribution in [-0.4, -0.2) is 38.2 Å². The van der Waals surface area contributed by atoms with Crippen molar-refractivity contribution in [1.82, 2.24) is 0 Å². The second-order valence-electron chi connectivity index (χ2n) is 4.52. The predicted octanol–water partition coefficient (Wildman–Crippen LogP) is -0.199. The third-order valence-corrected chi connectivity index (χ3v) is 3.26. The van der Waals surface area contributed by atoms with Gasteiger partial charge in [-0.2, -0.15) is 5.26 Å². The van der Waals surface area contributed by atoms with Crippen LogP contribution in [0, 0.1) is 21.4 Å². The minimum atomic E-state index is -0.415. The van der Waals surface area contributed by atoms with Crippen LogP contribution in [0.1, 0.15) is 5.56 Å². The van der Waals surface area contributed by atoms with Gasteiger partial charge in [-0.25, -0.2) is 0 Å². The summed E-state index contributed by atoms with van der Waals surface area (Å²) in [6, 6.07) is 6.59. The normalized spacial score (nSPS) is 16.3. The van der Waals surface area contributed by atoms with Gasteiger partial charge in [0.05, 0.1) is 49.8 Å². The molecule has 0 spiro atoms. The first-order chi connectivity index (χ1) is 8.61. The van der Waals surface area contributed by atoms with E-state index in [1.165, 1.54) is 11.0 Å². The molecule has 0 aromatic heterocycles. The minimum absolute atomic E-state index is 0.0219. The highest BCUT2D eigenvalue weighted by molar-refractivity contribution is 5.65. The van der Waals surface area contributed by atoms with Crippen LogP contribution in [0.15, 0.2) is 18.2 Å². The lowest BCUT2D eigenvalue weighted by molar-refractivity contribution is -0.880. The van der Waals surface area contributed by atoms with Gasteiger partial charge in [0.25, 0.3) is 5.69 Å². The number of rotatable bonds is 2. The molecule has 0 bridgehead atoms. The lowest BCUT2D eigenvalue weighted by Gasteiger charge is -2.31. The van der Waals surface area contributed by atoms with Crippen molar-refractivity contribution in [2.24, 2.45) is 0 Å². The summed E-state index contributed by atoms with van der Waals surface area (Å²) in [7, 11) is 2.12. The van der Waals surface area contributed by atoms with Gasteiger partial charge in [-0.05, 0) is 12.1 Å². The van der Waals surface area contributed by atoms with E-state index in [1.807, 2.05) is 11.0 Å². The number of hydrogen-bond donors (Lipinski definition) is 1. The summed E-state index contributed by atoms with van der Waals surface area (Å²) in [5.41, 5.74) is 0.963. The largest absolute Gasteiger partial charge is 0.355 e. The molecule has 1 aliphatic rings. The first kappa shape index (κ1) is 12.3. The Labute approximate surface area is 105 Å². The number of nitro groups is 1. The van der Waals surface area contributed by atoms with E-state index < -0.39 is 4.92 Å². The zero-order chi connectivity index (χ0) is 13.1. The Morgan fingerprint density at radius 1 is 1.44 bits per heavy atom. The highest BCUT2D eigenvalue weighted by Gasteiger charge is 2.24. The third kappa shape index (κ3) is 2.41. The third-order valence-electron chi connectivity index (χ3n) is 3.26. The van der Waals surface area contributed by atoms with Crippen molar-refractivity contribution >= 4 is 11.4 Å². The zero-order valence-corrected chi connectivity index (χ0v) is 10.2. The molecule has 1 heterocycles. The zero-order valence-electron chi connectivity index (χ0n) is 10.2. The Hall–Kier alpha value is -2.13. The molecule has 0 amide bonds. The molecular weight excluding hydrogens is 232 g/mol. The second kappa shape index (κ2) is 5.02. The molecule has 0 aliphatic carbocycles. The Bertz CT molecular complexity index is 501. The van der Waals surface area contributed by atoms with E-state index >= 15 is 0 Å². The number of nitro benzene ring substituents is 1. The summed E-state index contributed by atoms with van der Waals surface area (Å²) in [5.74, 6) is 0. The molecule has 0 atom stereocenters. The van der Waals surface area contributed by atoms with Crippen LogP contribution in [0.2, 0.25) is 0 Å². The molecule has 94 valence electrons. The van der Waals surface area contributed by atoms with Crippen LogP contribution in [0.3, 0.4) is 0 Å². The highest BCUT2D eigenvalue weighted by atomic mass is 16.6. The van der Waals surface area contributed by atoms with Crippen LogP contribution in [-0.2, 0) is 0 Å². The molecule has 1 N–H and O–H groups in total. The molecule has 0 saturated carbocycles. The van der Waals surface area contributed by atoms with Gasteiger partial charge in [-0.15, -0.1) is 0 Å². The number of quaternary nitrogens is 1. The number of hydrogen-bond acceptors (Lipinski definition) is 4. The molecule has 6 nitrogen and oxygen atoms in total. The standard InChI is InChI=1S/C12H14N4O2/c1-14-4-6-15(7-5-14)11-3-2-10(9-13)8-12(11)16(17)18/h2-3,8H,4-7H2,1H3/p+1.